The van der Waals surface area contributed by atoms with Gasteiger partial charge in [-0.3, -0.25) is 0 Å². The van der Waals surface area contributed by atoms with Crippen molar-refractivity contribution in [2.45, 2.75) is 65.2 Å². The van der Waals surface area contributed by atoms with Gasteiger partial charge in [-0.2, -0.15) is 0 Å². The highest BCUT2D eigenvalue weighted by Crippen LogP contribution is 2.21. The molecule has 0 amide bonds. The fraction of sp³-hybridized carbons (Fsp3) is 1.00. The molecule has 2 heteroatoms. The Morgan fingerprint density at radius 2 is 1.72 bits per heavy atom. The van der Waals surface area contributed by atoms with Gasteiger partial charge in [0.1, 0.15) is 0 Å². The van der Waals surface area contributed by atoms with E-state index in [0.29, 0.717) is 0 Å². The monoisotopic (exact) mass is 254 g/mol. The summed E-state index contributed by atoms with van der Waals surface area (Å²) in [4.78, 5) is 2.69. The molecule has 1 saturated heterocycles. The molecule has 2 nitrogen and oxygen atoms in total. The molecule has 0 radical (unpaired) electrons. The van der Waals surface area contributed by atoms with Crippen LogP contribution in [0, 0.1) is 5.92 Å². The maximum atomic E-state index is 3.48. The number of rotatable bonds is 10. The van der Waals surface area contributed by atoms with Crippen molar-refractivity contribution in [2.24, 2.45) is 5.92 Å². The van der Waals surface area contributed by atoms with E-state index < -0.39 is 0 Å². The predicted molar refractivity (Wildman–Crippen MR) is 81.1 cm³/mol. The van der Waals surface area contributed by atoms with Crippen LogP contribution in [0.3, 0.4) is 0 Å². The molecular formula is C16H34N2. The lowest BCUT2D eigenvalue weighted by Gasteiger charge is -2.31. The maximum absolute atomic E-state index is 3.48. The van der Waals surface area contributed by atoms with Crippen LogP contribution < -0.4 is 5.32 Å². The number of nitrogens with one attached hydrogen (secondary N) is 1. The van der Waals surface area contributed by atoms with Crippen molar-refractivity contribution in [1.82, 2.24) is 10.2 Å². The molecule has 0 aromatic rings. The van der Waals surface area contributed by atoms with Crippen LogP contribution in [-0.2, 0) is 0 Å². The summed E-state index contributed by atoms with van der Waals surface area (Å²) in [7, 11) is 0. The van der Waals surface area contributed by atoms with Gasteiger partial charge in [0.2, 0.25) is 0 Å². The van der Waals surface area contributed by atoms with Gasteiger partial charge < -0.3 is 10.2 Å². The lowest BCUT2D eigenvalue weighted by Crippen LogP contribution is -2.34. The fourth-order valence-corrected chi connectivity index (χ4v) is 2.97. The van der Waals surface area contributed by atoms with Crippen molar-refractivity contribution in [3.8, 4) is 0 Å². The first-order valence-corrected chi connectivity index (χ1v) is 8.29. The Morgan fingerprint density at radius 3 is 2.39 bits per heavy atom. The third-order valence-corrected chi connectivity index (χ3v) is 4.16. The second-order valence-corrected chi connectivity index (χ2v) is 5.88. The van der Waals surface area contributed by atoms with E-state index in [9.17, 15) is 0 Å². The Bertz CT molecular complexity index is 174. The number of hydrogen-bond donors (Lipinski definition) is 1. The molecular weight excluding hydrogens is 220 g/mol. The van der Waals surface area contributed by atoms with Gasteiger partial charge in [0.25, 0.3) is 0 Å². The van der Waals surface area contributed by atoms with E-state index in [1.165, 1.54) is 84.1 Å². The molecule has 0 atom stereocenters. The molecule has 0 aliphatic carbocycles. The van der Waals surface area contributed by atoms with Gasteiger partial charge in [-0.15, -0.1) is 0 Å². The van der Waals surface area contributed by atoms with E-state index in [1.54, 1.807) is 0 Å². The summed E-state index contributed by atoms with van der Waals surface area (Å²) >= 11 is 0. The first kappa shape index (κ1) is 16.0. The summed E-state index contributed by atoms with van der Waals surface area (Å²) < 4.78 is 0. The van der Waals surface area contributed by atoms with Gasteiger partial charge in [0.05, 0.1) is 0 Å². The summed E-state index contributed by atoms with van der Waals surface area (Å²) in [5, 5.41) is 3.48. The van der Waals surface area contributed by atoms with Crippen LogP contribution in [0.25, 0.3) is 0 Å². The minimum atomic E-state index is 1.03. The third kappa shape index (κ3) is 7.38. The normalized spacial score (nSPS) is 18.3. The van der Waals surface area contributed by atoms with Gasteiger partial charge >= 0.3 is 0 Å². The fourth-order valence-electron chi connectivity index (χ4n) is 2.97. The van der Waals surface area contributed by atoms with Crippen LogP contribution in [0.5, 0.6) is 0 Å². The largest absolute Gasteiger partial charge is 0.317 e. The van der Waals surface area contributed by atoms with Crippen LogP contribution in [0.2, 0.25) is 0 Å². The number of piperidine rings is 1. The Labute approximate surface area is 115 Å². The third-order valence-electron chi connectivity index (χ3n) is 4.16. The average Bonchev–Trinajstić information content (AvgIpc) is 2.40. The van der Waals surface area contributed by atoms with Crippen molar-refractivity contribution < 1.29 is 0 Å². The van der Waals surface area contributed by atoms with Crippen molar-refractivity contribution in [2.75, 3.05) is 32.7 Å². The molecule has 108 valence electrons. The van der Waals surface area contributed by atoms with Crippen molar-refractivity contribution in [1.29, 1.82) is 0 Å². The Balaban J connectivity index is 1.88. The zero-order valence-electron chi connectivity index (χ0n) is 12.7. The Hall–Kier alpha value is -0.0800. The standard InChI is InChI=1S/C16H34N2/c1-3-8-16-9-14-18(15-10-16)13-7-5-6-12-17-11-4-2/h16-17H,3-15H2,1-2H3. The average molecular weight is 254 g/mol. The van der Waals surface area contributed by atoms with Crippen LogP contribution in [0.15, 0.2) is 0 Å². The molecule has 1 fully saturated rings. The lowest BCUT2D eigenvalue weighted by atomic mass is 9.92. The van der Waals surface area contributed by atoms with E-state index in [0.717, 1.165) is 5.92 Å². The van der Waals surface area contributed by atoms with Gasteiger partial charge in [0, 0.05) is 0 Å². The highest BCUT2D eigenvalue weighted by molar-refractivity contribution is 4.71. The molecule has 1 rings (SSSR count). The van der Waals surface area contributed by atoms with E-state index >= 15 is 0 Å². The second-order valence-electron chi connectivity index (χ2n) is 5.88. The zero-order valence-corrected chi connectivity index (χ0v) is 12.7. The smallest absolute Gasteiger partial charge is 0.00161 e. The van der Waals surface area contributed by atoms with E-state index in [-0.39, 0.29) is 0 Å². The zero-order chi connectivity index (χ0) is 13.1. The first-order chi connectivity index (χ1) is 8.86. The quantitative estimate of drug-likeness (QED) is 0.598. The van der Waals surface area contributed by atoms with Gasteiger partial charge in [0.15, 0.2) is 0 Å². The summed E-state index contributed by atoms with van der Waals surface area (Å²) in [6.45, 7) is 11.0. The van der Waals surface area contributed by atoms with Crippen LogP contribution >= 0.6 is 0 Å². The molecule has 1 heterocycles. The Morgan fingerprint density at radius 1 is 0.944 bits per heavy atom. The molecule has 0 spiro atoms. The molecule has 0 bridgehead atoms. The summed E-state index contributed by atoms with van der Waals surface area (Å²) in [5.41, 5.74) is 0. The van der Waals surface area contributed by atoms with Crippen LogP contribution in [0.4, 0.5) is 0 Å². The topological polar surface area (TPSA) is 15.3 Å². The minimum Gasteiger partial charge on any atom is -0.317 e. The van der Waals surface area contributed by atoms with E-state index in [4.69, 9.17) is 0 Å². The van der Waals surface area contributed by atoms with Crippen molar-refractivity contribution in [3.63, 3.8) is 0 Å². The first-order valence-electron chi connectivity index (χ1n) is 8.29. The van der Waals surface area contributed by atoms with Crippen molar-refractivity contribution >= 4 is 0 Å². The molecule has 1 N–H and O–H groups in total. The van der Waals surface area contributed by atoms with Gasteiger partial charge in [-0.25, -0.2) is 0 Å². The number of unbranched alkanes of at least 4 members (excludes halogenated alkanes) is 2. The molecule has 0 aromatic carbocycles. The molecule has 0 aromatic heterocycles. The molecule has 0 unspecified atom stereocenters. The lowest BCUT2D eigenvalue weighted by molar-refractivity contribution is 0.176. The molecule has 18 heavy (non-hydrogen) atoms. The van der Waals surface area contributed by atoms with E-state index in [1.807, 2.05) is 0 Å². The maximum Gasteiger partial charge on any atom is -0.00161 e. The number of likely N-dealkylation sites (tertiary alicyclic amines) is 1. The number of hydrogen-bond acceptors (Lipinski definition) is 2. The molecule has 0 saturated carbocycles. The highest BCUT2D eigenvalue weighted by atomic mass is 15.1. The molecule has 1 aliphatic heterocycles. The van der Waals surface area contributed by atoms with Crippen LogP contribution in [-0.4, -0.2) is 37.6 Å². The van der Waals surface area contributed by atoms with Crippen LogP contribution in [0.1, 0.15) is 65.2 Å². The van der Waals surface area contributed by atoms with E-state index in [2.05, 4.69) is 24.1 Å². The Kier molecular flexibility index (Phi) is 9.59. The predicted octanol–water partition coefficient (Wildman–Crippen LogP) is 3.67. The highest BCUT2D eigenvalue weighted by Gasteiger charge is 2.17. The number of nitrogens with zero attached hydrogens (tertiary/aromatic N) is 1. The minimum absolute atomic E-state index is 1.03. The summed E-state index contributed by atoms with van der Waals surface area (Å²) in [6.07, 6.45) is 11.1. The summed E-state index contributed by atoms with van der Waals surface area (Å²) in [6, 6.07) is 0. The van der Waals surface area contributed by atoms with Gasteiger partial charge in [-0.1, -0.05) is 33.1 Å². The molecule has 1 aliphatic rings. The van der Waals surface area contributed by atoms with Crippen molar-refractivity contribution in [3.05, 3.63) is 0 Å². The SMILES string of the molecule is CCCNCCCCCN1CCC(CCC)CC1. The second kappa shape index (κ2) is 10.8. The van der Waals surface area contributed by atoms with Gasteiger partial charge in [-0.05, 0) is 70.7 Å². The summed E-state index contributed by atoms with van der Waals surface area (Å²) in [5.74, 6) is 1.03.